The Bertz CT molecular complexity index is 1110. The first-order chi connectivity index (χ1) is 16.1. The molecule has 0 bridgehead atoms. The second kappa shape index (κ2) is 10.6. The highest BCUT2D eigenvalue weighted by Gasteiger charge is 2.25. The van der Waals surface area contributed by atoms with E-state index < -0.39 is 0 Å². The number of nitrogens with zero attached hydrogens (tertiary/aromatic N) is 4. The van der Waals surface area contributed by atoms with E-state index in [0.29, 0.717) is 39.4 Å². The zero-order valence-corrected chi connectivity index (χ0v) is 19.7. The molecular formula is C24H28N4O4S. The molecule has 2 heterocycles. The van der Waals surface area contributed by atoms with Crippen LogP contribution in [0.1, 0.15) is 13.8 Å². The molecule has 3 aromatic rings. The molecule has 0 aliphatic carbocycles. The van der Waals surface area contributed by atoms with Gasteiger partial charge in [0.05, 0.1) is 30.0 Å². The average Bonchev–Trinajstić information content (AvgIpc) is 3.22. The molecule has 1 fully saturated rings. The fraction of sp³-hybridized carbons (Fsp3) is 0.375. The smallest absolute Gasteiger partial charge is 0.409 e. The molecule has 0 spiro atoms. The summed E-state index contributed by atoms with van der Waals surface area (Å²) >= 11 is 1.42. The van der Waals surface area contributed by atoms with Crippen molar-refractivity contribution >= 4 is 34.8 Å². The molecule has 1 aliphatic rings. The third kappa shape index (κ3) is 5.24. The van der Waals surface area contributed by atoms with Crippen LogP contribution in [0.3, 0.4) is 0 Å². The van der Waals surface area contributed by atoms with Crippen LogP contribution < -0.4 is 4.74 Å². The summed E-state index contributed by atoms with van der Waals surface area (Å²) < 4.78 is 12.7. The summed E-state index contributed by atoms with van der Waals surface area (Å²) in [6, 6.07) is 15.8. The van der Waals surface area contributed by atoms with Gasteiger partial charge in [-0.05, 0) is 50.2 Å². The summed E-state index contributed by atoms with van der Waals surface area (Å²) in [5, 5.41) is 0.763. The van der Waals surface area contributed by atoms with Gasteiger partial charge in [0.15, 0.2) is 5.16 Å². The molecule has 2 amide bonds. The maximum Gasteiger partial charge on any atom is 0.409 e. The van der Waals surface area contributed by atoms with Crippen molar-refractivity contribution in [2.24, 2.45) is 0 Å². The first-order valence-electron chi connectivity index (χ1n) is 11.1. The van der Waals surface area contributed by atoms with Crippen molar-refractivity contribution in [1.82, 2.24) is 19.4 Å². The van der Waals surface area contributed by atoms with Crippen LogP contribution in [0.4, 0.5) is 4.79 Å². The predicted octanol–water partition coefficient (Wildman–Crippen LogP) is 3.82. The Morgan fingerprint density at radius 3 is 2.33 bits per heavy atom. The van der Waals surface area contributed by atoms with E-state index in [1.807, 2.05) is 55.5 Å². The number of carbonyl (C=O) groups is 2. The lowest BCUT2D eigenvalue weighted by Gasteiger charge is -2.34. The molecule has 174 valence electrons. The van der Waals surface area contributed by atoms with Gasteiger partial charge < -0.3 is 19.3 Å². The highest BCUT2D eigenvalue weighted by molar-refractivity contribution is 7.99. The normalized spacial score (nSPS) is 13.9. The predicted molar refractivity (Wildman–Crippen MR) is 128 cm³/mol. The topological polar surface area (TPSA) is 76.9 Å². The van der Waals surface area contributed by atoms with E-state index in [2.05, 4.69) is 4.57 Å². The molecule has 1 aliphatic heterocycles. The lowest BCUT2D eigenvalue weighted by molar-refractivity contribution is -0.129. The number of thioether (sulfide) groups is 1. The molecule has 8 nitrogen and oxygen atoms in total. The Kier molecular flexibility index (Phi) is 7.39. The lowest BCUT2D eigenvalue weighted by atomic mass is 10.2. The van der Waals surface area contributed by atoms with Gasteiger partial charge in [-0.25, -0.2) is 9.78 Å². The number of ether oxygens (including phenoxy) is 2. The Labute approximate surface area is 197 Å². The van der Waals surface area contributed by atoms with Crippen LogP contribution in [-0.2, 0) is 9.53 Å². The molecular weight excluding hydrogens is 440 g/mol. The lowest BCUT2D eigenvalue weighted by Crippen LogP contribution is -2.51. The minimum atomic E-state index is -0.317. The number of hydrogen-bond acceptors (Lipinski definition) is 6. The molecule has 2 aromatic carbocycles. The zero-order valence-electron chi connectivity index (χ0n) is 18.9. The number of para-hydroxylation sites is 2. The van der Waals surface area contributed by atoms with Crippen molar-refractivity contribution in [1.29, 1.82) is 0 Å². The molecule has 1 aromatic heterocycles. The van der Waals surface area contributed by atoms with Crippen LogP contribution in [0.15, 0.2) is 53.7 Å². The van der Waals surface area contributed by atoms with Gasteiger partial charge in [0.2, 0.25) is 5.91 Å². The van der Waals surface area contributed by atoms with Crippen molar-refractivity contribution in [3.05, 3.63) is 48.5 Å². The van der Waals surface area contributed by atoms with E-state index in [-0.39, 0.29) is 17.8 Å². The number of fused-ring (bicyclic) bond motifs is 1. The van der Waals surface area contributed by atoms with E-state index in [1.165, 1.54) is 11.8 Å². The Balaban J connectivity index is 1.46. The quantitative estimate of drug-likeness (QED) is 0.491. The number of benzene rings is 2. The summed E-state index contributed by atoms with van der Waals surface area (Å²) in [5.74, 6) is 1.13. The van der Waals surface area contributed by atoms with Crippen molar-refractivity contribution in [2.75, 3.05) is 45.1 Å². The van der Waals surface area contributed by atoms with Gasteiger partial charge in [-0.3, -0.25) is 9.36 Å². The number of rotatable bonds is 7. The summed E-state index contributed by atoms with van der Waals surface area (Å²) in [7, 11) is 0. The van der Waals surface area contributed by atoms with Gasteiger partial charge in [0.1, 0.15) is 5.75 Å². The second-order valence-corrected chi connectivity index (χ2v) is 8.44. The summed E-state index contributed by atoms with van der Waals surface area (Å²) in [5.41, 5.74) is 2.83. The Morgan fingerprint density at radius 1 is 0.939 bits per heavy atom. The molecule has 33 heavy (non-hydrogen) atoms. The molecule has 0 atom stereocenters. The SMILES string of the molecule is CCOC(=O)N1CCN(C(=O)CSc2nc3ccccc3n2-c2ccc(OCC)cc2)CC1. The highest BCUT2D eigenvalue weighted by Crippen LogP contribution is 2.29. The second-order valence-electron chi connectivity index (χ2n) is 7.50. The number of aromatic nitrogens is 2. The van der Waals surface area contributed by atoms with Crippen LogP contribution >= 0.6 is 11.8 Å². The number of hydrogen-bond donors (Lipinski definition) is 0. The van der Waals surface area contributed by atoms with Gasteiger partial charge in [0.25, 0.3) is 0 Å². The summed E-state index contributed by atoms with van der Waals surface area (Å²) in [4.78, 5) is 33.0. The minimum absolute atomic E-state index is 0.0359. The minimum Gasteiger partial charge on any atom is -0.494 e. The van der Waals surface area contributed by atoms with Crippen LogP contribution in [0, 0.1) is 0 Å². The van der Waals surface area contributed by atoms with Crippen molar-refractivity contribution < 1.29 is 19.1 Å². The number of amides is 2. The maximum atomic E-state index is 12.9. The number of carbonyl (C=O) groups excluding carboxylic acids is 2. The molecule has 0 saturated carbocycles. The number of piperazine rings is 1. The highest BCUT2D eigenvalue weighted by atomic mass is 32.2. The molecule has 0 unspecified atom stereocenters. The zero-order chi connectivity index (χ0) is 23.2. The van der Waals surface area contributed by atoms with Gasteiger partial charge >= 0.3 is 6.09 Å². The standard InChI is InChI=1S/C24H28N4O4S/c1-3-31-19-11-9-18(10-12-19)28-21-8-6-5-7-20(21)25-23(28)33-17-22(29)26-13-15-27(16-14-26)24(30)32-4-2/h5-12H,3-4,13-17H2,1-2H3. The molecule has 0 radical (unpaired) electrons. The van der Waals surface area contributed by atoms with Crippen LogP contribution in [0.2, 0.25) is 0 Å². The number of imidazole rings is 1. The average molecular weight is 469 g/mol. The third-order valence-electron chi connectivity index (χ3n) is 5.42. The summed E-state index contributed by atoms with van der Waals surface area (Å²) in [6.45, 7) is 6.70. The molecule has 9 heteroatoms. The Hall–Kier alpha value is -3.20. The third-order valence-corrected chi connectivity index (χ3v) is 6.34. The van der Waals surface area contributed by atoms with Crippen LogP contribution in [-0.4, -0.2) is 76.5 Å². The fourth-order valence-corrected chi connectivity index (χ4v) is 4.71. The monoisotopic (exact) mass is 468 g/mol. The molecule has 0 N–H and O–H groups in total. The van der Waals surface area contributed by atoms with Gasteiger partial charge in [-0.1, -0.05) is 23.9 Å². The van der Waals surface area contributed by atoms with E-state index >= 15 is 0 Å². The van der Waals surface area contributed by atoms with E-state index in [4.69, 9.17) is 14.5 Å². The molecule has 4 rings (SSSR count). The van der Waals surface area contributed by atoms with Gasteiger partial charge in [-0.15, -0.1) is 0 Å². The first kappa shape index (κ1) is 23.0. The van der Waals surface area contributed by atoms with Crippen molar-refractivity contribution in [2.45, 2.75) is 19.0 Å². The van der Waals surface area contributed by atoms with Gasteiger partial charge in [0, 0.05) is 31.9 Å². The van der Waals surface area contributed by atoms with Crippen LogP contribution in [0.25, 0.3) is 16.7 Å². The maximum absolute atomic E-state index is 12.9. The summed E-state index contributed by atoms with van der Waals surface area (Å²) in [6.07, 6.45) is -0.317. The fourth-order valence-electron chi connectivity index (χ4n) is 3.78. The van der Waals surface area contributed by atoms with E-state index in [9.17, 15) is 9.59 Å². The van der Waals surface area contributed by atoms with Crippen molar-refractivity contribution in [3.63, 3.8) is 0 Å². The van der Waals surface area contributed by atoms with Crippen LogP contribution in [0.5, 0.6) is 5.75 Å². The van der Waals surface area contributed by atoms with E-state index in [0.717, 1.165) is 27.6 Å². The largest absolute Gasteiger partial charge is 0.494 e. The van der Waals surface area contributed by atoms with Gasteiger partial charge in [-0.2, -0.15) is 0 Å². The Morgan fingerprint density at radius 2 is 1.64 bits per heavy atom. The first-order valence-corrected chi connectivity index (χ1v) is 12.1. The molecule has 1 saturated heterocycles. The van der Waals surface area contributed by atoms with E-state index in [1.54, 1.807) is 16.7 Å². The van der Waals surface area contributed by atoms with Crippen molar-refractivity contribution in [3.8, 4) is 11.4 Å².